The number of piperazine rings is 1. The van der Waals surface area contributed by atoms with Crippen molar-refractivity contribution in [1.29, 1.82) is 0 Å². The third-order valence-corrected chi connectivity index (χ3v) is 7.60. The van der Waals surface area contributed by atoms with Crippen LogP contribution >= 0.6 is 11.3 Å². The molecule has 1 unspecified atom stereocenters. The van der Waals surface area contributed by atoms with Crippen LogP contribution < -0.4 is 15.1 Å². The molecular formula is C26H31N7OS. The van der Waals surface area contributed by atoms with E-state index in [1.54, 1.807) is 18.7 Å². The number of nitrogens with zero attached hydrogens (tertiary/aromatic N) is 5. The summed E-state index contributed by atoms with van der Waals surface area (Å²) in [6.45, 7) is 5.60. The molecule has 3 aromatic heterocycles. The number of benzene rings is 1. The molecule has 1 aliphatic rings. The van der Waals surface area contributed by atoms with Gasteiger partial charge in [-0.3, -0.25) is 4.79 Å². The lowest BCUT2D eigenvalue weighted by Gasteiger charge is -2.35. The van der Waals surface area contributed by atoms with E-state index >= 15 is 0 Å². The predicted molar refractivity (Wildman–Crippen MR) is 141 cm³/mol. The van der Waals surface area contributed by atoms with E-state index in [1.807, 2.05) is 12.1 Å². The van der Waals surface area contributed by atoms with Gasteiger partial charge in [0.05, 0.1) is 6.20 Å². The second kappa shape index (κ2) is 10.9. The molecule has 1 amide bonds. The second-order valence-electron chi connectivity index (χ2n) is 8.92. The number of hydrogen-bond acceptors (Lipinski definition) is 7. The van der Waals surface area contributed by atoms with Crippen molar-refractivity contribution in [2.24, 2.45) is 0 Å². The van der Waals surface area contributed by atoms with Crippen LogP contribution in [-0.2, 0) is 6.42 Å². The predicted octanol–water partition coefficient (Wildman–Crippen LogP) is 4.27. The van der Waals surface area contributed by atoms with Gasteiger partial charge in [-0.15, -0.1) is 0 Å². The molecule has 4 aromatic rings. The highest BCUT2D eigenvalue weighted by molar-refractivity contribution is 7.17. The first-order valence-corrected chi connectivity index (χ1v) is 13.1. The number of para-hydroxylation sites is 1. The summed E-state index contributed by atoms with van der Waals surface area (Å²) in [5.41, 5.74) is 2.38. The maximum absolute atomic E-state index is 13.2. The molecule has 8 nitrogen and oxygen atoms in total. The summed E-state index contributed by atoms with van der Waals surface area (Å²) in [5, 5.41) is 5.42. The van der Waals surface area contributed by atoms with E-state index in [-0.39, 0.29) is 11.9 Å². The SMILES string of the molecule is CCCCC(Cc1c[nH]c2ccccc12)NC(=O)c1cnc(N2CCN(c3ccncn3)CC2)s1. The fourth-order valence-electron chi connectivity index (χ4n) is 4.61. The lowest BCUT2D eigenvalue weighted by molar-refractivity contribution is 0.0938. The van der Waals surface area contributed by atoms with Crippen molar-refractivity contribution in [2.45, 2.75) is 38.6 Å². The summed E-state index contributed by atoms with van der Waals surface area (Å²) >= 11 is 1.47. The molecule has 9 heteroatoms. The largest absolute Gasteiger partial charge is 0.361 e. The van der Waals surface area contributed by atoms with Gasteiger partial charge in [0.1, 0.15) is 17.0 Å². The first kappa shape index (κ1) is 23.3. The minimum absolute atomic E-state index is 0.0330. The van der Waals surface area contributed by atoms with Crippen molar-refractivity contribution in [1.82, 2.24) is 25.3 Å². The summed E-state index contributed by atoms with van der Waals surface area (Å²) in [6, 6.07) is 10.3. The van der Waals surface area contributed by atoms with Gasteiger partial charge in [-0.2, -0.15) is 0 Å². The van der Waals surface area contributed by atoms with Gasteiger partial charge in [0.15, 0.2) is 5.13 Å². The van der Waals surface area contributed by atoms with Gasteiger partial charge < -0.3 is 20.1 Å². The third kappa shape index (κ3) is 5.45. The Morgan fingerprint density at radius 3 is 2.77 bits per heavy atom. The molecule has 182 valence electrons. The van der Waals surface area contributed by atoms with E-state index in [0.29, 0.717) is 4.88 Å². The zero-order valence-corrected chi connectivity index (χ0v) is 20.8. The molecule has 1 atom stereocenters. The van der Waals surface area contributed by atoms with E-state index in [0.717, 1.165) is 68.3 Å². The van der Waals surface area contributed by atoms with Crippen molar-refractivity contribution < 1.29 is 4.79 Å². The fourth-order valence-corrected chi connectivity index (χ4v) is 5.48. The lowest BCUT2D eigenvalue weighted by atomic mass is 10.0. The second-order valence-corrected chi connectivity index (χ2v) is 9.93. The summed E-state index contributed by atoms with van der Waals surface area (Å²) in [4.78, 5) is 34.6. The normalized spacial score (nSPS) is 14.9. The van der Waals surface area contributed by atoms with Gasteiger partial charge >= 0.3 is 0 Å². The van der Waals surface area contributed by atoms with Crippen molar-refractivity contribution in [2.75, 3.05) is 36.0 Å². The number of aromatic nitrogens is 4. The lowest BCUT2D eigenvalue weighted by Crippen LogP contribution is -2.46. The van der Waals surface area contributed by atoms with Crippen LogP contribution in [0.4, 0.5) is 10.9 Å². The molecule has 5 rings (SSSR count). The maximum atomic E-state index is 13.2. The summed E-state index contributed by atoms with van der Waals surface area (Å²) in [5.74, 6) is 0.918. The third-order valence-electron chi connectivity index (χ3n) is 6.54. The van der Waals surface area contributed by atoms with Gasteiger partial charge in [-0.25, -0.2) is 15.0 Å². The molecule has 0 bridgehead atoms. The Morgan fingerprint density at radius 1 is 1.14 bits per heavy atom. The summed E-state index contributed by atoms with van der Waals surface area (Å²) in [6.07, 6.45) is 11.1. The van der Waals surface area contributed by atoms with Gasteiger partial charge in [-0.05, 0) is 30.5 Å². The Morgan fingerprint density at radius 2 is 1.97 bits per heavy atom. The van der Waals surface area contributed by atoms with Crippen LogP contribution in [0, 0.1) is 0 Å². The van der Waals surface area contributed by atoms with Crippen LogP contribution in [0.5, 0.6) is 0 Å². The molecule has 0 saturated carbocycles. The van der Waals surface area contributed by atoms with Crippen LogP contribution in [0.15, 0.2) is 55.2 Å². The van der Waals surface area contributed by atoms with Crippen molar-refractivity contribution in [3.63, 3.8) is 0 Å². The highest BCUT2D eigenvalue weighted by Crippen LogP contribution is 2.25. The molecule has 2 N–H and O–H groups in total. The Kier molecular flexibility index (Phi) is 7.23. The number of H-pyrrole nitrogens is 1. The van der Waals surface area contributed by atoms with Gasteiger partial charge in [0.2, 0.25) is 0 Å². The smallest absolute Gasteiger partial charge is 0.263 e. The fraction of sp³-hybridized carbons (Fsp3) is 0.385. The molecule has 4 heterocycles. The van der Waals surface area contributed by atoms with E-state index in [2.05, 4.69) is 66.4 Å². The Labute approximate surface area is 209 Å². The molecule has 35 heavy (non-hydrogen) atoms. The molecule has 0 radical (unpaired) electrons. The molecule has 1 aliphatic heterocycles. The Bertz CT molecular complexity index is 1250. The van der Waals surface area contributed by atoms with E-state index in [9.17, 15) is 4.79 Å². The van der Waals surface area contributed by atoms with Crippen molar-refractivity contribution in [3.05, 3.63) is 65.7 Å². The summed E-state index contributed by atoms with van der Waals surface area (Å²) in [7, 11) is 0. The Hall–Kier alpha value is -3.46. The number of nitrogens with one attached hydrogen (secondary N) is 2. The van der Waals surface area contributed by atoms with E-state index in [1.165, 1.54) is 22.3 Å². The number of hydrogen-bond donors (Lipinski definition) is 2. The number of anilines is 2. The maximum Gasteiger partial charge on any atom is 0.263 e. The van der Waals surface area contributed by atoms with Gasteiger partial charge in [-0.1, -0.05) is 49.3 Å². The minimum atomic E-state index is -0.0330. The monoisotopic (exact) mass is 489 g/mol. The number of thiazole rings is 1. The first-order valence-electron chi connectivity index (χ1n) is 12.3. The van der Waals surface area contributed by atoms with Crippen molar-refractivity contribution in [3.8, 4) is 0 Å². The van der Waals surface area contributed by atoms with Crippen LogP contribution in [-0.4, -0.2) is 58.1 Å². The highest BCUT2D eigenvalue weighted by atomic mass is 32.1. The van der Waals surface area contributed by atoms with Crippen LogP contribution in [0.3, 0.4) is 0 Å². The van der Waals surface area contributed by atoms with E-state index in [4.69, 9.17) is 0 Å². The number of amides is 1. The standard InChI is InChI=1S/C26H31N7OS/c1-2-3-6-20(15-19-16-28-22-8-5-4-7-21(19)22)31-25(34)23-17-29-26(35-23)33-13-11-32(12-14-33)24-9-10-27-18-30-24/h4-5,7-10,16-18,20,28H,2-3,6,11-15H2,1H3,(H,31,34). The number of aromatic amines is 1. The van der Waals surface area contributed by atoms with Crippen LogP contribution in [0.25, 0.3) is 10.9 Å². The number of carbonyl (C=O) groups excluding carboxylic acids is 1. The topological polar surface area (TPSA) is 90.0 Å². The van der Waals surface area contributed by atoms with Crippen LogP contribution in [0.1, 0.15) is 41.4 Å². The molecule has 1 saturated heterocycles. The van der Waals surface area contributed by atoms with Gasteiger partial charge in [0.25, 0.3) is 5.91 Å². The molecule has 1 fully saturated rings. The zero-order valence-electron chi connectivity index (χ0n) is 20.0. The Balaban J connectivity index is 1.21. The highest BCUT2D eigenvalue weighted by Gasteiger charge is 2.23. The number of rotatable bonds is 9. The molecular weight excluding hydrogens is 458 g/mol. The zero-order chi connectivity index (χ0) is 24.0. The van der Waals surface area contributed by atoms with Crippen LogP contribution in [0.2, 0.25) is 0 Å². The average Bonchev–Trinajstić information content (AvgIpc) is 3.56. The number of unbranched alkanes of at least 4 members (excludes halogenated alkanes) is 1. The van der Waals surface area contributed by atoms with Crippen molar-refractivity contribution >= 4 is 39.1 Å². The minimum Gasteiger partial charge on any atom is -0.361 e. The average molecular weight is 490 g/mol. The number of carbonyl (C=O) groups is 1. The van der Waals surface area contributed by atoms with Gasteiger partial charge in [0, 0.05) is 55.5 Å². The molecule has 0 aliphatic carbocycles. The quantitative estimate of drug-likeness (QED) is 0.365. The van der Waals surface area contributed by atoms with E-state index < -0.39 is 0 Å². The number of fused-ring (bicyclic) bond motifs is 1. The molecule has 0 spiro atoms. The summed E-state index contributed by atoms with van der Waals surface area (Å²) < 4.78 is 0. The first-order chi connectivity index (χ1) is 17.2. The molecule has 1 aromatic carbocycles.